The number of rotatable bonds is 1. The zero-order chi connectivity index (χ0) is 10.9. The van der Waals surface area contributed by atoms with Crippen molar-refractivity contribution in [3.05, 3.63) is 33.9 Å². The molecule has 14 heavy (non-hydrogen) atoms. The molecule has 4 nitrogen and oxygen atoms in total. The van der Waals surface area contributed by atoms with Gasteiger partial charge in [-0.25, -0.2) is 0 Å². The van der Waals surface area contributed by atoms with E-state index in [1.54, 1.807) is 6.08 Å². The number of allylic oxidation sites excluding steroid dienone is 2. The van der Waals surface area contributed by atoms with Crippen LogP contribution in [0.5, 0.6) is 0 Å². The monoisotopic (exact) mass is 195 g/mol. The lowest BCUT2D eigenvalue weighted by Crippen LogP contribution is -2.29. The van der Waals surface area contributed by atoms with Gasteiger partial charge in [0.1, 0.15) is 0 Å². The normalized spacial score (nSPS) is 22.1. The highest BCUT2D eigenvalue weighted by atomic mass is 16.6. The van der Waals surface area contributed by atoms with Gasteiger partial charge in [0.15, 0.2) is 0 Å². The van der Waals surface area contributed by atoms with Crippen LogP contribution in [0.1, 0.15) is 20.8 Å². The van der Waals surface area contributed by atoms with Gasteiger partial charge in [0.05, 0.1) is 0 Å². The van der Waals surface area contributed by atoms with Crippen LogP contribution in [-0.4, -0.2) is 16.7 Å². The number of ketones is 1. The molecule has 0 heterocycles. The highest BCUT2D eigenvalue weighted by Gasteiger charge is 2.30. The van der Waals surface area contributed by atoms with Crippen molar-refractivity contribution in [2.45, 2.75) is 26.8 Å². The van der Waals surface area contributed by atoms with Gasteiger partial charge in [-0.15, -0.1) is 0 Å². The first-order valence-electron chi connectivity index (χ1n) is 4.40. The largest absolute Gasteiger partial charge is 0.293 e. The molecule has 76 valence electrons. The van der Waals surface area contributed by atoms with Crippen molar-refractivity contribution in [3.8, 4) is 0 Å². The van der Waals surface area contributed by atoms with E-state index in [1.807, 2.05) is 20.8 Å². The van der Waals surface area contributed by atoms with Crippen molar-refractivity contribution in [1.29, 1.82) is 0 Å². The smallest absolute Gasteiger partial charge is 0.287 e. The highest BCUT2D eigenvalue weighted by Crippen LogP contribution is 2.28. The van der Waals surface area contributed by atoms with E-state index in [1.165, 1.54) is 12.2 Å². The van der Waals surface area contributed by atoms with Gasteiger partial charge in [0.25, 0.3) is 6.04 Å². The van der Waals surface area contributed by atoms with Crippen molar-refractivity contribution in [2.75, 3.05) is 0 Å². The summed E-state index contributed by atoms with van der Waals surface area (Å²) < 4.78 is 0. The molecule has 0 bridgehead atoms. The molecule has 4 heteroatoms. The molecule has 1 atom stereocenters. The molecule has 0 amide bonds. The van der Waals surface area contributed by atoms with Gasteiger partial charge in [0, 0.05) is 11.0 Å². The summed E-state index contributed by atoms with van der Waals surface area (Å²) in [5, 5.41) is 10.5. The Morgan fingerprint density at radius 1 is 1.36 bits per heavy atom. The molecular weight excluding hydrogens is 182 g/mol. The van der Waals surface area contributed by atoms with Crippen LogP contribution in [0.15, 0.2) is 23.8 Å². The lowest BCUT2D eigenvalue weighted by Gasteiger charge is -2.22. The van der Waals surface area contributed by atoms with Crippen LogP contribution in [0.2, 0.25) is 0 Å². The molecule has 0 spiro atoms. The van der Waals surface area contributed by atoms with Crippen LogP contribution in [0.4, 0.5) is 0 Å². The zero-order valence-corrected chi connectivity index (χ0v) is 8.48. The van der Waals surface area contributed by atoms with Gasteiger partial charge in [-0.2, -0.15) is 0 Å². The molecule has 0 saturated carbocycles. The molecule has 0 aromatic carbocycles. The van der Waals surface area contributed by atoms with E-state index in [0.29, 0.717) is 0 Å². The lowest BCUT2D eigenvalue weighted by molar-refractivity contribution is -0.494. The van der Waals surface area contributed by atoms with Crippen molar-refractivity contribution >= 4 is 5.78 Å². The first kappa shape index (κ1) is 10.6. The quantitative estimate of drug-likeness (QED) is 0.473. The number of nitro groups is 1. The van der Waals surface area contributed by atoms with E-state index in [0.717, 1.165) is 5.57 Å². The fraction of sp³-hybridized carbons (Fsp3) is 0.500. The molecule has 0 fully saturated rings. The maximum Gasteiger partial charge on any atom is 0.293 e. The number of carbonyl (C=O) groups excluding carboxylic acids is 1. The molecular formula is C10H13NO3. The second kappa shape index (κ2) is 3.36. The minimum absolute atomic E-state index is 0.161. The van der Waals surface area contributed by atoms with Crippen molar-refractivity contribution in [3.63, 3.8) is 0 Å². The minimum atomic E-state index is -1.20. The molecule has 0 N–H and O–H groups in total. The Kier molecular flexibility index (Phi) is 2.55. The Bertz CT molecular complexity index is 334. The maximum atomic E-state index is 11.1. The Morgan fingerprint density at radius 2 is 1.93 bits per heavy atom. The van der Waals surface area contributed by atoms with Gasteiger partial charge < -0.3 is 0 Å². The van der Waals surface area contributed by atoms with Crippen LogP contribution in [0.3, 0.4) is 0 Å². The van der Waals surface area contributed by atoms with Gasteiger partial charge >= 0.3 is 0 Å². The third-order valence-corrected chi connectivity index (χ3v) is 2.15. The standard InChI is InChI=1S/C10H13NO3/c1-10(2,3)7-4-5-9(12)8(6-7)11(13)14/h4-6,8H,1-3H3. The van der Waals surface area contributed by atoms with Crippen LogP contribution >= 0.6 is 0 Å². The highest BCUT2D eigenvalue weighted by molar-refractivity contribution is 5.96. The Morgan fingerprint density at radius 3 is 2.36 bits per heavy atom. The summed E-state index contributed by atoms with van der Waals surface area (Å²) in [5.74, 6) is -0.456. The lowest BCUT2D eigenvalue weighted by atomic mass is 9.82. The Balaban J connectivity index is 3.03. The summed E-state index contributed by atoms with van der Waals surface area (Å²) in [5.41, 5.74) is 0.671. The summed E-state index contributed by atoms with van der Waals surface area (Å²) in [7, 11) is 0. The predicted molar refractivity (Wildman–Crippen MR) is 52.5 cm³/mol. The summed E-state index contributed by atoms with van der Waals surface area (Å²) in [6, 6.07) is -1.20. The number of hydrogen-bond donors (Lipinski definition) is 0. The second-order valence-electron chi connectivity index (χ2n) is 4.34. The van der Waals surface area contributed by atoms with Gasteiger partial charge in [0.2, 0.25) is 5.78 Å². The topological polar surface area (TPSA) is 60.2 Å². The van der Waals surface area contributed by atoms with Gasteiger partial charge in [-0.3, -0.25) is 14.9 Å². The molecule has 0 aromatic heterocycles. The van der Waals surface area contributed by atoms with Gasteiger partial charge in [-0.1, -0.05) is 26.8 Å². The van der Waals surface area contributed by atoms with E-state index in [4.69, 9.17) is 0 Å². The molecule has 0 aromatic rings. The average Bonchev–Trinajstić information content (AvgIpc) is 2.02. The van der Waals surface area contributed by atoms with E-state index < -0.39 is 16.7 Å². The summed E-state index contributed by atoms with van der Waals surface area (Å²) in [4.78, 5) is 21.1. The molecule has 0 radical (unpaired) electrons. The molecule has 1 aliphatic rings. The first-order valence-corrected chi connectivity index (χ1v) is 4.40. The van der Waals surface area contributed by atoms with Crippen molar-refractivity contribution < 1.29 is 9.72 Å². The fourth-order valence-electron chi connectivity index (χ4n) is 1.24. The summed E-state index contributed by atoms with van der Waals surface area (Å²) in [6.45, 7) is 5.86. The van der Waals surface area contributed by atoms with E-state index in [2.05, 4.69) is 0 Å². The third kappa shape index (κ3) is 2.07. The summed E-state index contributed by atoms with van der Waals surface area (Å²) in [6.07, 6.45) is 4.37. The average molecular weight is 195 g/mol. The van der Waals surface area contributed by atoms with Gasteiger partial charge in [-0.05, 0) is 17.1 Å². The number of carbonyl (C=O) groups is 1. The van der Waals surface area contributed by atoms with E-state index in [-0.39, 0.29) is 5.41 Å². The molecule has 0 aliphatic heterocycles. The van der Waals surface area contributed by atoms with Crippen molar-refractivity contribution in [2.24, 2.45) is 5.41 Å². The van der Waals surface area contributed by atoms with Crippen LogP contribution in [-0.2, 0) is 4.79 Å². The molecule has 0 saturated heterocycles. The van der Waals surface area contributed by atoms with Crippen LogP contribution < -0.4 is 0 Å². The molecule has 1 rings (SSSR count). The molecule has 1 unspecified atom stereocenters. The van der Waals surface area contributed by atoms with Crippen LogP contribution in [0.25, 0.3) is 0 Å². The van der Waals surface area contributed by atoms with Crippen LogP contribution in [0, 0.1) is 15.5 Å². The summed E-state index contributed by atoms with van der Waals surface area (Å²) >= 11 is 0. The Labute approximate surface area is 82.5 Å². The fourth-order valence-corrected chi connectivity index (χ4v) is 1.24. The Hall–Kier alpha value is -1.45. The minimum Gasteiger partial charge on any atom is -0.287 e. The number of hydrogen-bond acceptors (Lipinski definition) is 3. The van der Waals surface area contributed by atoms with E-state index in [9.17, 15) is 14.9 Å². The first-order chi connectivity index (χ1) is 6.32. The predicted octanol–water partition coefficient (Wildman–Crippen LogP) is 1.74. The SMILES string of the molecule is CC(C)(C)C1=CC([N+](=O)[O-])C(=O)C=C1. The van der Waals surface area contributed by atoms with Crippen molar-refractivity contribution in [1.82, 2.24) is 0 Å². The second-order valence-corrected chi connectivity index (χ2v) is 4.34. The zero-order valence-electron chi connectivity index (χ0n) is 8.48. The molecule has 1 aliphatic carbocycles. The number of nitrogens with zero attached hydrogens (tertiary/aromatic N) is 1. The third-order valence-electron chi connectivity index (χ3n) is 2.15. The van der Waals surface area contributed by atoms with E-state index >= 15 is 0 Å². The maximum absolute atomic E-state index is 11.1.